The summed E-state index contributed by atoms with van der Waals surface area (Å²) in [6.45, 7) is 0.574. The molecule has 4 nitrogen and oxygen atoms in total. The fraction of sp³-hybridized carbons (Fsp3) is 0.500. The molecule has 2 N–H and O–H groups in total. The third-order valence-corrected chi connectivity index (χ3v) is 4.91. The van der Waals surface area contributed by atoms with E-state index in [1.165, 1.54) is 25.0 Å². The van der Waals surface area contributed by atoms with Gasteiger partial charge in [-0.25, -0.2) is 13.6 Å². The summed E-state index contributed by atoms with van der Waals surface area (Å²) in [7, 11) is -3.88. The van der Waals surface area contributed by atoms with Gasteiger partial charge in [0.1, 0.15) is 10.6 Å². The van der Waals surface area contributed by atoms with E-state index in [1.54, 1.807) is 0 Å². The van der Waals surface area contributed by atoms with Gasteiger partial charge < -0.3 is 4.74 Å². The number of sulfonamides is 1. The van der Waals surface area contributed by atoms with Crippen molar-refractivity contribution in [3.05, 3.63) is 22.2 Å². The van der Waals surface area contributed by atoms with Crippen molar-refractivity contribution in [3.63, 3.8) is 0 Å². The van der Waals surface area contributed by atoms with E-state index in [9.17, 15) is 8.42 Å². The van der Waals surface area contributed by atoms with Crippen LogP contribution in [-0.2, 0) is 10.0 Å². The summed E-state index contributed by atoms with van der Waals surface area (Å²) in [5.74, 6) is 0.929. The number of primary sulfonamides is 1. The molecule has 19 heavy (non-hydrogen) atoms. The molecule has 1 fully saturated rings. The highest BCUT2D eigenvalue weighted by Crippen LogP contribution is 2.34. The quantitative estimate of drug-likeness (QED) is 0.924. The average Bonchev–Trinajstić information content (AvgIpc) is 2.81. The van der Waals surface area contributed by atoms with Gasteiger partial charge in [0, 0.05) is 6.07 Å². The van der Waals surface area contributed by atoms with Crippen LogP contribution < -0.4 is 9.88 Å². The van der Waals surface area contributed by atoms with Crippen LogP contribution >= 0.6 is 23.2 Å². The van der Waals surface area contributed by atoms with Gasteiger partial charge in [0.05, 0.1) is 16.7 Å². The second kappa shape index (κ2) is 5.87. The van der Waals surface area contributed by atoms with E-state index < -0.39 is 10.0 Å². The maximum atomic E-state index is 11.3. The standard InChI is InChI=1S/C12H15Cl2NO3S/c13-9-6-12(19(15,16)17)10(14)5-11(9)18-7-8-3-1-2-4-8/h5-6,8H,1-4,7H2,(H2,15,16,17). The molecule has 0 atom stereocenters. The second-order valence-electron chi connectivity index (χ2n) is 4.72. The van der Waals surface area contributed by atoms with Crippen molar-refractivity contribution in [1.29, 1.82) is 0 Å². The Morgan fingerprint density at radius 2 is 1.84 bits per heavy atom. The lowest BCUT2D eigenvalue weighted by Crippen LogP contribution is -2.13. The van der Waals surface area contributed by atoms with Crippen molar-refractivity contribution in [2.24, 2.45) is 11.1 Å². The van der Waals surface area contributed by atoms with Crippen LogP contribution in [0.4, 0.5) is 0 Å². The molecular formula is C12H15Cl2NO3S. The lowest BCUT2D eigenvalue weighted by molar-refractivity contribution is 0.252. The van der Waals surface area contributed by atoms with Gasteiger partial charge in [-0.3, -0.25) is 0 Å². The van der Waals surface area contributed by atoms with Crippen LogP contribution in [0.15, 0.2) is 17.0 Å². The van der Waals surface area contributed by atoms with E-state index in [1.807, 2.05) is 0 Å². The first-order valence-corrected chi connectivity index (χ1v) is 8.33. The molecule has 0 unspecified atom stereocenters. The van der Waals surface area contributed by atoms with E-state index >= 15 is 0 Å². The molecule has 0 radical (unpaired) electrons. The zero-order valence-corrected chi connectivity index (χ0v) is 12.6. The third kappa shape index (κ3) is 3.75. The fourth-order valence-electron chi connectivity index (χ4n) is 2.22. The summed E-state index contributed by atoms with van der Waals surface area (Å²) in [4.78, 5) is -0.188. The van der Waals surface area contributed by atoms with Crippen molar-refractivity contribution < 1.29 is 13.2 Å². The number of benzene rings is 1. The van der Waals surface area contributed by atoms with E-state index in [0.29, 0.717) is 18.3 Å². The van der Waals surface area contributed by atoms with E-state index in [-0.39, 0.29) is 14.9 Å². The van der Waals surface area contributed by atoms with Crippen molar-refractivity contribution in [2.45, 2.75) is 30.6 Å². The first-order chi connectivity index (χ1) is 8.88. The maximum Gasteiger partial charge on any atom is 0.239 e. The van der Waals surface area contributed by atoms with Gasteiger partial charge in [0.15, 0.2) is 0 Å². The van der Waals surface area contributed by atoms with Crippen LogP contribution in [0.25, 0.3) is 0 Å². The minimum Gasteiger partial charge on any atom is -0.492 e. The van der Waals surface area contributed by atoms with Gasteiger partial charge in [0.2, 0.25) is 10.0 Å². The third-order valence-electron chi connectivity index (χ3n) is 3.24. The van der Waals surface area contributed by atoms with Crippen LogP contribution in [0.1, 0.15) is 25.7 Å². The Kier molecular flexibility index (Phi) is 4.61. The van der Waals surface area contributed by atoms with Gasteiger partial charge in [-0.05, 0) is 24.8 Å². The van der Waals surface area contributed by atoms with E-state index in [0.717, 1.165) is 12.8 Å². The lowest BCUT2D eigenvalue weighted by Gasteiger charge is -2.13. The number of halogens is 2. The number of rotatable bonds is 4. The molecule has 1 aliphatic rings. The van der Waals surface area contributed by atoms with Crippen LogP contribution in [0, 0.1) is 5.92 Å². The smallest absolute Gasteiger partial charge is 0.239 e. The normalized spacial score (nSPS) is 16.8. The first kappa shape index (κ1) is 14.9. The van der Waals surface area contributed by atoms with Gasteiger partial charge in [-0.1, -0.05) is 36.0 Å². The van der Waals surface area contributed by atoms with Crippen LogP contribution in [-0.4, -0.2) is 15.0 Å². The first-order valence-electron chi connectivity index (χ1n) is 6.02. The maximum absolute atomic E-state index is 11.3. The summed E-state index contributed by atoms with van der Waals surface area (Å²) in [5, 5.41) is 5.26. The van der Waals surface area contributed by atoms with Gasteiger partial charge in [0.25, 0.3) is 0 Å². The largest absolute Gasteiger partial charge is 0.492 e. The predicted molar refractivity (Wildman–Crippen MR) is 75.3 cm³/mol. The Morgan fingerprint density at radius 1 is 1.21 bits per heavy atom. The second-order valence-corrected chi connectivity index (χ2v) is 7.06. The van der Waals surface area contributed by atoms with Crippen molar-refractivity contribution in [3.8, 4) is 5.75 Å². The molecule has 1 aromatic carbocycles. The minimum absolute atomic E-state index is 0.0216. The van der Waals surface area contributed by atoms with E-state index in [4.69, 9.17) is 33.1 Å². The molecule has 1 aromatic rings. The van der Waals surface area contributed by atoms with Crippen molar-refractivity contribution in [1.82, 2.24) is 0 Å². The summed E-state index contributed by atoms with van der Waals surface area (Å²) in [6, 6.07) is 2.63. The summed E-state index contributed by atoms with van der Waals surface area (Å²) in [5.41, 5.74) is 0. The molecule has 2 rings (SSSR count). The van der Waals surface area contributed by atoms with Gasteiger partial charge in [-0.2, -0.15) is 0 Å². The molecule has 0 heterocycles. The number of ether oxygens (including phenoxy) is 1. The van der Waals surface area contributed by atoms with Gasteiger partial charge >= 0.3 is 0 Å². The van der Waals surface area contributed by atoms with Crippen molar-refractivity contribution in [2.75, 3.05) is 6.61 Å². The fourth-order valence-corrected chi connectivity index (χ4v) is 3.60. The topological polar surface area (TPSA) is 69.4 Å². The SMILES string of the molecule is NS(=O)(=O)c1cc(Cl)c(OCC2CCCC2)cc1Cl. The molecule has 0 aliphatic heterocycles. The lowest BCUT2D eigenvalue weighted by atomic mass is 10.1. The monoisotopic (exact) mass is 323 g/mol. The highest BCUT2D eigenvalue weighted by Gasteiger charge is 2.19. The Labute approximate surface area is 122 Å². The molecule has 106 valence electrons. The van der Waals surface area contributed by atoms with Gasteiger partial charge in [-0.15, -0.1) is 0 Å². The zero-order valence-electron chi connectivity index (χ0n) is 10.2. The molecule has 0 saturated heterocycles. The molecule has 0 aromatic heterocycles. The highest BCUT2D eigenvalue weighted by molar-refractivity contribution is 7.89. The van der Waals surface area contributed by atoms with Crippen molar-refractivity contribution >= 4 is 33.2 Å². The molecule has 7 heteroatoms. The molecule has 0 amide bonds. The Balaban J connectivity index is 2.16. The summed E-state index contributed by atoms with van der Waals surface area (Å²) < 4.78 is 28.2. The highest BCUT2D eigenvalue weighted by atomic mass is 35.5. The Morgan fingerprint density at radius 3 is 2.42 bits per heavy atom. The Bertz CT molecular complexity index is 569. The van der Waals surface area contributed by atoms with Crippen LogP contribution in [0.5, 0.6) is 5.75 Å². The summed E-state index contributed by atoms with van der Waals surface area (Å²) >= 11 is 11.9. The molecule has 0 spiro atoms. The summed E-state index contributed by atoms with van der Waals surface area (Å²) in [6.07, 6.45) is 4.76. The van der Waals surface area contributed by atoms with E-state index in [2.05, 4.69) is 0 Å². The average molecular weight is 324 g/mol. The number of nitrogens with two attached hydrogens (primary N) is 1. The molecular weight excluding hydrogens is 309 g/mol. The molecule has 0 bridgehead atoms. The Hall–Kier alpha value is -0.490. The molecule has 1 aliphatic carbocycles. The number of hydrogen-bond donors (Lipinski definition) is 1. The van der Waals surface area contributed by atoms with Crippen LogP contribution in [0.3, 0.4) is 0 Å². The molecule has 1 saturated carbocycles. The number of hydrogen-bond acceptors (Lipinski definition) is 3. The minimum atomic E-state index is -3.88. The zero-order chi connectivity index (χ0) is 14.0. The predicted octanol–water partition coefficient (Wildman–Crippen LogP) is 3.21. The van der Waals surface area contributed by atoms with Crippen LogP contribution in [0.2, 0.25) is 10.0 Å².